The van der Waals surface area contributed by atoms with Gasteiger partial charge in [-0.1, -0.05) is 18.2 Å². The second-order valence-corrected chi connectivity index (χ2v) is 5.34. The Bertz CT molecular complexity index is 541. The Morgan fingerprint density at radius 1 is 1.21 bits per heavy atom. The molecule has 2 heterocycles. The maximum atomic E-state index is 5.96. The number of nitrogens with zero attached hydrogens (tertiary/aromatic N) is 1. The summed E-state index contributed by atoms with van der Waals surface area (Å²) in [7, 11) is 0. The zero-order valence-corrected chi connectivity index (χ0v) is 11.6. The molecular weight excluding hydrogens is 236 g/mol. The Morgan fingerprint density at radius 2 is 2.00 bits per heavy atom. The van der Waals surface area contributed by atoms with Gasteiger partial charge in [0.1, 0.15) is 11.3 Å². The molecule has 0 saturated carbocycles. The highest BCUT2D eigenvalue weighted by Crippen LogP contribution is 2.25. The third kappa shape index (κ3) is 2.82. The molecule has 0 bridgehead atoms. The number of hydrogen-bond donors (Lipinski definition) is 1. The second-order valence-electron chi connectivity index (χ2n) is 5.34. The van der Waals surface area contributed by atoms with Crippen molar-refractivity contribution >= 4 is 11.0 Å². The van der Waals surface area contributed by atoms with Gasteiger partial charge in [0.25, 0.3) is 0 Å². The summed E-state index contributed by atoms with van der Waals surface area (Å²) in [6.07, 6.45) is 2.23. The topological polar surface area (TPSA) is 28.4 Å². The van der Waals surface area contributed by atoms with Crippen LogP contribution in [0.3, 0.4) is 0 Å². The molecule has 2 aromatic rings. The molecule has 1 aromatic carbocycles. The standard InChI is InChI=1S/C16H22N2O/c1-13-14-5-2-3-6-16(14)19-15(13)7-4-10-18-11-8-17-9-12-18/h2-3,5-6,17H,4,7-12H2,1H3. The van der Waals surface area contributed by atoms with Crippen LogP contribution in [-0.4, -0.2) is 37.6 Å². The summed E-state index contributed by atoms with van der Waals surface area (Å²) in [6.45, 7) is 7.97. The van der Waals surface area contributed by atoms with Crippen LogP contribution >= 0.6 is 0 Å². The van der Waals surface area contributed by atoms with Gasteiger partial charge in [-0.2, -0.15) is 0 Å². The SMILES string of the molecule is Cc1c(CCCN2CCNCC2)oc2ccccc12. The van der Waals surface area contributed by atoms with Crippen LogP contribution in [0, 0.1) is 6.92 Å². The number of hydrogen-bond acceptors (Lipinski definition) is 3. The molecule has 3 nitrogen and oxygen atoms in total. The predicted molar refractivity (Wildman–Crippen MR) is 78.6 cm³/mol. The van der Waals surface area contributed by atoms with Crippen LogP contribution in [0.15, 0.2) is 28.7 Å². The van der Waals surface area contributed by atoms with Crippen molar-refractivity contribution in [3.63, 3.8) is 0 Å². The lowest BCUT2D eigenvalue weighted by Gasteiger charge is -2.26. The second kappa shape index (κ2) is 5.76. The highest BCUT2D eigenvalue weighted by molar-refractivity contribution is 5.81. The monoisotopic (exact) mass is 258 g/mol. The fourth-order valence-electron chi connectivity index (χ4n) is 2.86. The van der Waals surface area contributed by atoms with Crippen molar-refractivity contribution in [2.75, 3.05) is 32.7 Å². The summed E-state index contributed by atoms with van der Waals surface area (Å²) < 4.78 is 5.96. The fourth-order valence-corrected chi connectivity index (χ4v) is 2.86. The summed E-state index contributed by atoms with van der Waals surface area (Å²) >= 11 is 0. The van der Waals surface area contributed by atoms with E-state index in [0.717, 1.165) is 30.9 Å². The van der Waals surface area contributed by atoms with E-state index in [-0.39, 0.29) is 0 Å². The number of furan rings is 1. The average Bonchev–Trinajstić information content (AvgIpc) is 2.78. The van der Waals surface area contributed by atoms with Crippen LogP contribution in [0.1, 0.15) is 17.7 Å². The Hall–Kier alpha value is -1.32. The lowest BCUT2D eigenvalue weighted by molar-refractivity contribution is 0.237. The van der Waals surface area contributed by atoms with Gasteiger partial charge in [-0.25, -0.2) is 0 Å². The van der Waals surface area contributed by atoms with Gasteiger partial charge in [0, 0.05) is 38.0 Å². The highest BCUT2D eigenvalue weighted by Gasteiger charge is 2.12. The number of rotatable bonds is 4. The lowest BCUT2D eigenvalue weighted by Crippen LogP contribution is -2.43. The lowest BCUT2D eigenvalue weighted by atomic mass is 10.1. The molecule has 0 atom stereocenters. The van der Waals surface area contributed by atoms with E-state index in [4.69, 9.17) is 4.42 Å². The number of piperazine rings is 1. The van der Waals surface area contributed by atoms with Crippen LogP contribution in [0.4, 0.5) is 0 Å². The molecule has 0 spiro atoms. The molecule has 19 heavy (non-hydrogen) atoms. The van der Waals surface area contributed by atoms with E-state index in [9.17, 15) is 0 Å². The normalized spacial score (nSPS) is 17.1. The van der Waals surface area contributed by atoms with Crippen molar-refractivity contribution in [2.45, 2.75) is 19.8 Å². The largest absolute Gasteiger partial charge is 0.461 e. The minimum Gasteiger partial charge on any atom is -0.461 e. The Morgan fingerprint density at radius 3 is 2.79 bits per heavy atom. The summed E-state index contributed by atoms with van der Waals surface area (Å²) in [5.74, 6) is 1.16. The summed E-state index contributed by atoms with van der Waals surface area (Å²) in [4.78, 5) is 2.54. The Labute approximate surface area is 114 Å². The molecule has 1 saturated heterocycles. The van der Waals surface area contributed by atoms with Crippen LogP contribution < -0.4 is 5.32 Å². The molecule has 1 aliphatic rings. The van der Waals surface area contributed by atoms with Gasteiger partial charge in [0.05, 0.1) is 0 Å². The molecule has 3 heteroatoms. The Balaban J connectivity index is 1.60. The first-order chi connectivity index (χ1) is 9.34. The van der Waals surface area contributed by atoms with Crippen molar-refractivity contribution in [3.8, 4) is 0 Å². The molecule has 0 amide bonds. The van der Waals surface area contributed by atoms with E-state index in [2.05, 4.69) is 35.3 Å². The number of aryl methyl sites for hydroxylation is 2. The van der Waals surface area contributed by atoms with E-state index in [0.29, 0.717) is 0 Å². The minimum absolute atomic E-state index is 1.03. The number of fused-ring (bicyclic) bond motifs is 1. The maximum Gasteiger partial charge on any atom is 0.134 e. The first-order valence-electron chi connectivity index (χ1n) is 7.24. The van der Waals surface area contributed by atoms with Crippen molar-refractivity contribution < 1.29 is 4.42 Å². The van der Waals surface area contributed by atoms with Crippen LogP contribution in [0.2, 0.25) is 0 Å². The smallest absolute Gasteiger partial charge is 0.134 e. The highest BCUT2D eigenvalue weighted by atomic mass is 16.3. The quantitative estimate of drug-likeness (QED) is 0.913. The number of para-hydroxylation sites is 1. The van der Waals surface area contributed by atoms with Gasteiger partial charge in [-0.05, 0) is 31.5 Å². The van der Waals surface area contributed by atoms with Gasteiger partial charge in [-0.15, -0.1) is 0 Å². The van der Waals surface area contributed by atoms with E-state index < -0.39 is 0 Å². The van der Waals surface area contributed by atoms with Crippen LogP contribution in [0.5, 0.6) is 0 Å². The van der Waals surface area contributed by atoms with Gasteiger partial charge < -0.3 is 14.6 Å². The van der Waals surface area contributed by atoms with Crippen molar-refractivity contribution in [3.05, 3.63) is 35.6 Å². The predicted octanol–water partition coefficient (Wildman–Crippen LogP) is 2.58. The zero-order valence-electron chi connectivity index (χ0n) is 11.6. The average molecular weight is 258 g/mol. The molecule has 102 valence electrons. The molecule has 1 N–H and O–H groups in total. The summed E-state index contributed by atoms with van der Waals surface area (Å²) in [5, 5.41) is 4.65. The van der Waals surface area contributed by atoms with Gasteiger partial charge in [0.15, 0.2) is 0 Å². The molecule has 1 aliphatic heterocycles. The fraction of sp³-hybridized carbons (Fsp3) is 0.500. The van der Waals surface area contributed by atoms with Crippen molar-refractivity contribution in [1.29, 1.82) is 0 Å². The van der Waals surface area contributed by atoms with Gasteiger partial charge >= 0.3 is 0 Å². The van der Waals surface area contributed by atoms with E-state index in [1.165, 1.54) is 37.0 Å². The molecule has 3 rings (SSSR count). The molecule has 0 aliphatic carbocycles. The van der Waals surface area contributed by atoms with E-state index in [1.54, 1.807) is 0 Å². The van der Waals surface area contributed by atoms with Gasteiger partial charge in [0.2, 0.25) is 0 Å². The number of benzene rings is 1. The first-order valence-corrected chi connectivity index (χ1v) is 7.24. The molecule has 1 fully saturated rings. The third-order valence-corrected chi connectivity index (χ3v) is 4.03. The summed E-state index contributed by atoms with van der Waals surface area (Å²) in [6, 6.07) is 8.32. The summed E-state index contributed by atoms with van der Waals surface area (Å²) in [5.41, 5.74) is 2.34. The van der Waals surface area contributed by atoms with Crippen molar-refractivity contribution in [2.24, 2.45) is 0 Å². The molecule has 0 radical (unpaired) electrons. The molecule has 1 aromatic heterocycles. The molecule has 0 unspecified atom stereocenters. The Kier molecular flexibility index (Phi) is 3.85. The molecular formula is C16H22N2O. The zero-order chi connectivity index (χ0) is 13.1. The minimum atomic E-state index is 1.03. The van der Waals surface area contributed by atoms with E-state index in [1.807, 2.05) is 6.07 Å². The maximum absolute atomic E-state index is 5.96. The first kappa shape index (κ1) is 12.7. The van der Waals surface area contributed by atoms with Gasteiger partial charge in [-0.3, -0.25) is 0 Å². The third-order valence-electron chi connectivity index (χ3n) is 4.03. The van der Waals surface area contributed by atoms with E-state index >= 15 is 0 Å². The van der Waals surface area contributed by atoms with Crippen LogP contribution in [0.25, 0.3) is 11.0 Å². The number of nitrogens with one attached hydrogen (secondary N) is 1. The van der Waals surface area contributed by atoms with Crippen LogP contribution in [-0.2, 0) is 6.42 Å². The van der Waals surface area contributed by atoms with Crippen molar-refractivity contribution in [1.82, 2.24) is 10.2 Å².